The maximum Gasteiger partial charge on any atom is 0.138 e. The minimum atomic E-state index is 0.970. The highest BCUT2D eigenvalue weighted by molar-refractivity contribution is 9.10. The summed E-state index contributed by atoms with van der Waals surface area (Å²) in [5, 5.41) is 3.30. The lowest BCUT2D eigenvalue weighted by molar-refractivity contribution is 0.408. The summed E-state index contributed by atoms with van der Waals surface area (Å²) in [6.07, 6.45) is 1.05. The van der Waals surface area contributed by atoms with Gasteiger partial charge in [0, 0.05) is 17.8 Å². The minimum Gasteiger partial charge on any atom is -0.495 e. The van der Waals surface area contributed by atoms with Gasteiger partial charge in [-0.1, -0.05) is 0 Å². The second kappa shape index (κ2) is 2.98. The first kappa shape index (κ1) is 7.92. The number of hydrogen-bond acceptors (Lipinski definition) is 2. The smallest absolute Gasteiger partial charge is 0.138 e. The molecule has 0 amide bonds. The lowest BCUT2D eigenvalue weighted by atomic mass is 10.1. The Balaban J connectivity index is 2.57. The van der Waals surface area contributed by atoms with Crippen LogP contribution in [0.3, 0.4) is 0 Å². The molecule has 0 aromatic heterocycles. The summed E-state index contributed by atoms with van der Waals surface area (Å²) in [4.78, 5) is 0. The van der Waals surface area contributed by atoms with Gasteiger partial charge in [-0.05, 0) is 34.5 Å². The summed E-state index contributed by atoms with van der Waals surface area (Å²) < 4.78 is 6.34. The molecule has 1 aliphatic heterocycles. The number of nitrogens with one attached hydrogen (secondary N) is 1. The third-order valence-corrected chi connectivity index (χ3v) is 2.73. The van der Waals surface area contributed by atoms with Crippen molar-refractivity contribution in [2.45, 2.75) is 6.42 Å². The molecule has 1 aliphatic rings. The van der Waals surface area contributed by atoms with Crippen molar-refractivity contribution in [2.24, 2.45) is 0 Å². The Morgan fingerprint density at radius 3 is 3.08 bits per heavy atom. The maximum atomic E-state index is 5.30. The summed E-state index contributed by atoms with van der Waals surface area (Å²) in [5.41, 5.74) is 2.49. The predicted molar refractivity (Wildman–Crippen MR) is 52.9 cm³/mol. The number of fused-ring (bicyclic) bond motifs is 1. The third-order valence-electron chi connectivity index (χ3n) is 2.11. The van der Waals surface area contributed by atoms with Crippen molar-refractivity contribution in [1.29, 1.82) is 0 Å². The predicted octanol–water partition coefficient (Wildman–Crippen LogP) is 2.43. The molecule has 0 unspecified atom stereocenters. The van der Waals surface area contributed by atoms with Crippen molar-refractivity contribution >= 4 is 21.6 Å². The van der Waals surface area contributed by atoms with Crippen molar-refractivity contribution in [1.82, 2.24) is 0 Å². The maximum absolute atomic E-state index is 5.30. The van der Waals surface area contributed by atoms with E-state index in [1.54, 1.807) is 7.11 Å². The zero-order valence-corrected chi connectivity index (χ0v) is 8.44. The molecular formula is C9H10BrNO. The molecule has 1 aromatic carbocycles. The van der Waals surface area contributed by atoms with Gasteiger partial charge < -0.3 is 10.1 Å². The summed E-state index contributed by atoms with van der Waals surface area (Å²) in [5.74, 6) is 0.970. The fraction of sp³-hybridized carbons (Fsp3) is 0.333. The lowest BCUT2D eigenvalue weighted by Crippen LogP contribution is -1.90. The van der Waals surface area contributed by atoms with E-state index in [1.807, 2.05) is 6.07 Å². The van der Waals surface area contributed by atoms with Crippen molar-refractivity contribution in [2.75, 3.05) is 19.0 Å². The SMILES string of the molecule is COc1c(Br)ccc2c1CCN2. The Kier molecular flexibility index (Phi) is 1.97. The summed E-state index contributed by atoms with van der Waals surface area (Å²) >= 11 is 3.46. The summed E-state index contributed by atoms with van der Waals surface area (Å²) in [6.45, 7) is 1.02. The Morgan fingerprint density at radius 2 is 2.33 bits per heavy atom. The number of hydrogen-bond donors (Lipinski definition) is 1. The lowest BCUT2D eigenvalue weighted by Gasteiger charge is -2.08. The van der Waals surface area contributed by atoms with Crippen molar-refractivity contribution in [3.63, 3.8) is 0 Å². The van der Waals surface area contributed by atoms with Crippen LogP contribution in [0.25, 0.3) is 0 Å². The molecule has 0 radical (unpaired) electrons. The van der Waals surface area contributed by atoms with Gasteiger partial charge in [-0.25, -0.2) is 0 Å². The monoisotopic (exact) mass is 227 g/mol. The summed E-state index contributed by atoms with van der Waals surface area (Å²) in [7, 11) is 1.71. The van der Waals surface area contributed by atoms with E-state index in [2.05, 4.69) is 27.3 Å². The van der Waals surface area contributed by atoms with Crippen LogP contribution in [0.2, 0.25) is 0 Å². The normalized spacial score (nSPS) is 13.8. The van der Waals surface area contributed by atoms with E-state index in [0.717, 1.165) is 23.2 Å². The standard InChI is InChI=1S/C9H10BrNO/c1-12-9-6-4-5-11-8(6)3-2-7(9)10/h2-3,11H,4-5H2,1H3. The molecule has 0 saturated carbocycles. The second-order valence-electron chi connectivity index (χ2n) is 2.78. The van der Waals surface area contributed by atoms with Crippen LogP contribution < -0.4 is 10.1 Å². The van der Waals surface area contributed by atoms with Gasteiger partial charge in [-0.3, -0.25) is 0 Å². The Morgan fingerprint density at radius 1 is 1.50 bits per heavy atom. The topological polar surface area (TPSA) is 21.3 Å². The van der Waals surface area contributed by atoms with Crippen molar-refractivity contribution in [3.8, 4) is 5.75 Å². The number of anilines is 1. The summed E-state index contributed by atoms with van der Waals surface area (Å²) in [6, 6.07) is 4.09. The quantitative estimate of drug-likeness (QED) is 0.796. The van der Waals surface area contributed by atoms with Gasteiger partial charge in [0.15, 0.2) is 0 Å². The molecule has 1 aromatic rings. The molecule has 2 rings (SSSR count). The number of ether oxygens (including phenoxy) is 1. The number of benzene rings is 1. The molecule has 2 nitrogen and oxygen atoms in total. The number of halogens is 1. The molecule has 1 N–H and O–H groups in total. The van der Waals surface area contributed by atoms with Crippen molar-refractivity contribution < 1.29 is 4.74 Å². The first-order valence-corrected chi connectivity index (χ1v) is 4.71. The molecular weight excluding hydrogens is 218 g/mol. The number of rotatable bonds is 1. The Labute approximate surface area is 80.1 Å². The van der Waals surface area contributed by atoms with Crippen LogP contribution in [-0.2, 0) is 6.42 Å². The first-order valence-electron chi connectivity index (χ1n) is 3.92. The van der Waals surface area contributed by atoms with E-state index < -0.39 is 0 Å². The molecule has 0 atom stereocenters. The van der Waals surface area contributed by atoms with Crippen LogP contribution in [0.15, 0.2) is 16.6 Å². The first-order chi connectivity index (χ1) is 5.83. The number of methoxy groups -OCH3 is 1. The van der Waals surface area contributed by atoms with Gasteiger partial charge in [-0.2, -0.15) is 0 Å². The molecule has 3 heteroatoms. The van der Waals surface area contributed by atoms with Crippen LogP contribution in [0.1, 0.15) is 5.56 Å². The van der Waals surface area contributed by atoms with Crippen LogP contribution >= 0.6 is 15.9 Å². The van der Waals surface area contributed by atoms with E-state index in [4.69, 9.17) is 4.74 Å². The molecule has 0 aliphatic carbocycles. The zero-order chi connectivity index (χ0) is 8.55. The van der Waals surface area contributed by atoms with Gasteiger partial charge in [0.2, 0.25) is 0 Å². The molecule has 1 heterocycles. The van der Waals surface area contributed by atoms with E-state index in [-0.39, 0.29) is 0 Å². The average molecular weight is 228 g/mol. The van der Waals surface area contributed by atoms with E-state index in [0.29, 0.717) is 0 Å². The molecule has 0 bridgehead atoms. The largest absolute Gasteiger partial charge is 0.495 e. The minimum absolute atomic E-state index is 0.970. The van der Waals surface area contributed by atoms with Gasteiger partial charge >= 0.3 is 0 Å². The molecule has 0 fully saturated rings. The highest BCUT2D eigenvalue weighted by Crippen LogP contribution is 2.36. The Hall–Kier alpha value is -0.700. The molecule has 64 valence electrons. The van der Waals surface area contributed by atoms with Crippen LogP contribution in [-0.4, -0.2) is 13.7 Å². The Bertz CT molecular complexity index is 312. The fourth-order valence-corrected chi connectivity index (χ4v) is 2.09. The second-order valence-corrected chi connectivity index (χ2v) is 3.64. The van der Waals surface area contributed by atoms with E-state index >= 15 is 0 Å². The zero-order valence-electron chi connectivity index (χ0n) is 6.86. The van der Waals surface area contributed by atoms with E-state index in [9.17, 15) is 0 Å². The van der Waals surface area contributed by atoms with Crippen LogP contribution in [0.4, 0.5) is 5.69 Å². The molecule has 0 spiro atoms. The third kappa shape index (κ3) is 1.08. The van der Waals surface area contributed by atoms with Gasteiger partial charge in [-0.15, -0.1) is 0 Å². The van der Waals surface area contributed by atoms with Crippen molar-refractivity contribution in [3.05, 3.63) is 22.2 Å². The van der Waals surface area contributed by atoms with Crippen LogP contribution in [0, 0.1) is 0 Å². The van der Waals surface area contributed by atoms with Gasteiger partial charge in [0.25, 0.3) is 0 Å². The van der Waals surface area contributed by atoms with Gasteiger partial charge in [0.05, 0.1) is 11.6 Å². The van der Waals surface area contributed by atoms with Gasteiger partial charge in [0.1, 0.15) is 5.75 Å². The highest BCUT2D eigenvalue weighted by Gasteiger charge is 2.16. The highest BCUT2D eigenvalue weighted by atomic mass is 79.9. The molecule has 12 heavy (non-hydrogen) atoms. The van der Waals surface area contributed by atoms with E-state index in [1.165, 1.54) is 11.3 Å². The van der Waals surface area contributed by atoms with Crippen LogP contribution in [0.5, 0.6) is 5.75 Å². The fourth-order valence-electron chi connectivity index (χ4n) is 1.56. The molecule has 0 saturated heterocycles. The average Bonchev–Trinajstić information content (AvgIpc) is 2.52.